The predicted molar refractivity (Wildman–Crippen MR) is 123 cm³/mol. The Bertz CT molecular complexity index is 1050. The number of nitrogens with zero attached hydrogens (tertiary/aromatic N) is 3. The predicted octanol–water partition coefficient (Wildman–Crippen LogP) is 4.88. The van der Waals surface area contributed by atoms with E-state index in [4.69, 9.17) is 0 Å². The van der Waals surface area contributed by atoms with Crippen LogP contribution in [0.2, 0.25) is 0 Å². The van der Waals surface area contributed by atoms with E-state index < -0.39 is 6.10 Å². The van der Waals surface area contributed by atoms with Crippen molar-refractivity contribution in [2.45, 2.75) is 33.0 Å². The van der Waals surface area contributed by atoms with Crippen molar-refractivity contribution in [3.63, 3.8) is 0 Å². The third kappa shape index (κ3) is 3.38. The van der Waals surface area contributed by atoms with Crippen LogP contribution in [-0.4, -0.2) is 25.6 Å². The lowest BCUT2D eigenvalue weighted by Crippen LogP contribution is -2.23. The number of hydrogen-bond acceptors (Lipinski definition) is 2. The summed E-state index contributed by atoms with van der Waals surface area (Å²) in [5.41, 5.74) is 4.38. The van der Waals surface area contributed by atoms with Crippen LogP contribution in [0, 0.1) is 21.0 Å². The van der Waals surface area contributed by atoms with Gasteiger partial charge in [0.15, 0.2) is 0 Å². The molecule has 2 aromatic heterocycles. The van der Waals surface area contributed by atoms with Crippen LogP contribution in [0.4, 0.5) is 0 Å². The Balaban J connectivity index is 1.76. The van der Waals surface area contributed by atoms with Crippen molar-refractivity contribution < 1.29 is 5.11 Å². The second kappa shape index (κ2) is 7.12. The van der Waals surface area contributed by atoms with Gasteiger partial charge in [0.25, 0.3) is 0 Å². The van der Waals surface area contributed by atoms with E-state index in [-0.39, 0.29) is 0 Å². The summed E-state index contributed by atoms with van der Waals surface area (Å²) in [6.07, 6.45) is -0.509. The van der Waals surface area contributed by atoms with E-state index in [1.54, 1.807) is 0 Å². The topological polar surface area (TPSA) is 43.0 Å². The molecule has 0 saturated carbocycles. The maximum absolute atomic E-state index is 10.8. The van der Waals surface area contributed by atoms with Gasteiger partial charge in [-0.05, 0) is 101 Å². The van der Waals surface area contributed by atoms with Gasteiger partial charge in [-0.2, -0.15) is 5.10 Å². The smallest absolute Gasteiger partial charge is 0.0914 e. The molecule has 0 amide bonds. The number of benzene rings is 2. The fourth-order valence-electron chi connectivity index (χ4n) is 3.57. The Hall–Kier alpha value is -1.13. The van der Waals surface area contributed by atoms with E-state index in [2.05, 4.69) is 91.2 Å². The minimum atomic E-state index is -0.509. The monoisotopic (exact) mass is 571 g/mol. The largest absolute Gasteiger partial charge is 0.389 e. The van der Waals surface area contributed by atoms with E-state index in [1.165, 1.54) is 17.9 Å². The number of rotatable bonds is 4. The van der Waals surface area contributed by atoms with Crippen LogP contribution < -0.4 is 0 Å². The van der Waals surface area contributed by atoms with Crippen molar-refractivity contribution in [2.75, 3.05) is 0 Å². The lowest BCUT2D eigenvalue weighted by molar-refractivity contribution is 0.132. The summed E-state index contributed by atoms with van der Waals surface area (Å²) in [5, 5.41) is 17.7. The standard InChI is InChI=1S/C20H19I2N3O/c1-12-7-13(2)25(23-12)11-16(26)10-24-19-5-3-14(21)8-17(19)18-9-15(22)4-6-20(18)24/h3-9,16,26H,10-11H2,1-2H3/t16-/m1/s1. The summed E-state index contributed by atoms with van der Waals surface area (Å²) in [5.74, 6) is 0. The lowest BCUT2D eigenvalue weighted by Gasteiger charge is -2.15. The highest BCUT2D eigenvalue weighted by Gasteiger charge is 2.16. The maximum atomic E-state index is 10.8. The van der Waals surface area contributed by atoms with Crippen molar-refractivity contribution in [3.05, 3.63) is 61.0 Å². The molecule has 0 aliphatic carbocycles. The van der Waals surface area contributed by atoms with Crippen LogP contribution in [0.3, 0.4) is 0 Å². The second-order valence-corrected chi connectivity index (χ2v) is 9.19. The molecule has 1 atom stereocenters. The summed E-state index contributed by atoms with van der Waals surface area (Å²) < 4.78 is 6.56. The summed E-state index contributed by atoms with van der Waals surface area (Å²) in [7, 11) is 0. The molecule has 4 rings (SSSR count). The number of aliphatic hydroxyl groups is 1. The summed E-state index contributed by atoms with van der Waals surface area (Å²) >= 11 is 4.71. The molecule has 0 spiro atoms. The van der Waals surface area contributed by atoms with Crippen molar-refractivity contribution in [1.29, 1.82) is 0 Å². The fourth-order valence-corrected chi connectivity index (χ4v) is 4.56. The Morgan fingerprint density at radius 2 is 1.50 bits per heavy atom. The van der Waals surface area contributed by atoms with E-state index in [9.17, 15) is 5.11 Å². The molecular weight excluding hydrogens is 552 g/mol. The van der Waals surface area contributed by atoms with E-state index >= 15 is 0 Å². The molecule has 1 N–H and O–H groups in total. The van der Waals surface area contributed by atoms with Crippen LogP contribution in [0.5, 0.6) is 0 Å². The number of halogens is 2. The molecule has 0 bridgehead atoms. The number of hydrogen-bond donors (Lipinski definition) is 1. The molecule has 2 aromatic carbocycles. The molecule has 2 heterocycles. The Morgan fingerprint density at radius 3 is 2.00 bits per heavy atom. The Labute approximate surface area is 179 Å². The molecule has 134 valence electrons. The molecule has 0 fully saturated rings. The zero-order valence-corrected chi connectivity index (χ0v) is 18.9. The van der Waals surface area contributed by atoms with Crippen molar-refractivity contribution in [2.24, 2.45) is 0 Å². The van der Waals surface area contributed by atoms with E-state index in [1.807, 2.05) is 24.6 Å². The van der Waals surface area contributed by atoms with Gasteiger partial charge in [-0.3, -0.25) is 4.68 Å². The van der Waals surface area contributed by atoms with Crippen molar-refractivity contribution in [3.8, 4) is 0 Å². The molecule has 6 heteroatoms. The molecule has 0 unspecified atom stereocenters. The fraction of sp³-hybridized carbons (Fsp3) is 0.250. The quantitative estimate of drug-likeness (QED) is 0.356. The van der Waals surface area contributed by atoms with Crippen LogP contribution in [0.15, 0.2) is 42.5 Å². The minimum Gasteiger partial charge on any atom is -0.389 e. The van der Waals surface area contributed by atoms with Gasteiger partial charge in [-0.1, -0.05) is 0 Å². The highest BCUT2D eigenvalue weighted by molar-refractivity contribution is 14.1. The van der Waals surface area contributed by atoms with Crippen molar-refractivity contribution >= 4 is 67.0 Å². The van der Waals surface area contributed by atoms with Crippen LogP contribution in [0.1, 0.15) is 11.4 Å². The van der Waals surface area contributed by atoms with Crippen LogP contribution in [-0.2, 0) is 13.1 Å². The highest BCUT2D eigenvalue weighted by atomic mass is 127. The van der Waals surface area contributed by atoms with Gasteiger partial charge in [0.2, 0.25) is 0 Å². The first kappa shape index (κ1) is 18.2. The average molecular weight is 571 g/mol. The van der Waals surface area contributed by atoms with Crippen LogP contribution in [0.25, 0.3) is 21.8 Å². The molecule has 0 aliphatic heterocycles. The molecule has 0 radical (unpaired) electrons. The Morgan fingerprint density at radius 1 is 0.923 bits per heavy atom. The van der Waals surface area contributed by atoms with Gasteiger partial charge in [0, 0.05) is 34.6 Å². The summed E-state index contributed by atoms with van der Waals surface area (Å²) in [4.78, 5) is 0. The van der Waals surface area contributed by atoms with E-state index in [0.29, 0.717) is 13.1 Å². The van der Waals surface area contributed by atoms with Gasteiger partial charge in [-0.15, -0.1) is 0 Å². The van der Waals surface area contributed by atoms with E-state index in [0.717, 1.165) is 22.4 Å². The van der Waals surface area contributed by atoms with Crippen LogP contribution >= 0.6 is 45.2 Å². The first-order valence-corrected chi connectivity index (χ1v) is 10.6. The molecule has 4 nitrogen and oxygen atoms in total. The van der Waals surface area contributed by atoms with Gasteiger partial charge in [0.05, 0.1) is 24.9 Å². The number of fused-ring (bicyclic) bond motifs is 3. The summed E-state index contributed by atoms with van der Waals surface area (Å²) in [6, 6.07) is 15.0. The third-order valence-corrected chi connectivity index (χ3v) is 6.01. The normalized spacial score (nSPS) is 13.0. The number of aliphatic hydroxyl groups excluding tert-OH is 1. The zero-order chi connectivity index (χ0) is 18.4. The summed E-state index contributed by atoms with van der Waals surface area (Å²) in [6.45, 7) is 5.04. The number of aryl methyl sites for hydroxylation is 2. The third-order valence-electron chi connectivity index (χ3n) is 4.67. The molecular formula is C20H19I2N3O. The first-order chi connectivity index (χ1) is 12.4. The highest BCUT2D eigenvalue weighted by Crippen LogP contribution is 2.31. The maximum Gasteiger partial charge on any atom is 0.0914 e. The molecule has 26 heavy (non-hydrogen) atoms. The SMILES string of the molecule is Cc1cc(C)n(C[C@H](O)Cn2c3ccc(I)cc3c3cc(I)ccc32)n1. The van der Waals surface area contributed by atoms with Gasteiger partial charge >= 0.3 is 0 Å². The molecule has 0 aliphatic rings. The lowest BCUT2D eigenvalue weighted by atomic mass is 10.2. The zero-order valence-electron chi connectivity index (χ0n) is 14.6. The molecule has 4 aromatic rings. The molecule has 0 saturated heterocycles. The first-order valence-electron chi connectivity index (χ1n) is 8.48. The number of aromatic nitrogens is 3. The van der Waals surface area contributed by atoms with Gasteiger partial charge < -0.3 is 9.67 Å². The van der Waals surface area contributed by atoms with Crippen molar-refractivity contribution in [1.82, 2.24) is 14.3 Å². The Kier molecular flexibility index (Phi) is 5.00. The second-order valence-electron chi connectivity index (χ2n) is 6.70. The minimum absolute atomic E-state index is 0.496. The van der Waals surface area contributed by atoms with Gasteiger partial charge in [-0.25, -0.2) is 0 Å². The average Bonchev–Trinajstić information content (AvgIpc) is 3.04. The van der Waals surface area contributed by atoms with Gasteiger partial charge in [0.1, 0.15) is 0 Å².